The van der Waals surface area contributed by atoms with E-state index in [2.05, 4.69) is 17.4 Å². The molecule has 5 nitrogen and oxygen atoms in total. The molecule has 0 unspecified atom stereocenters. The van der Waals surface area contributed by atoms with Crippen molar-refractivity contribution in [2.24, 2.45) is 0 Å². The Labute approximate surface area is 119 Å². The number of hydrogen-bond donors (Lipinski definition) is 1. The molecule has 0 radical (unpaired) electrons. The van der Waals surface area contributed by atoms with Crippen LogP contribution < -0.4 is 5.32 Å². The fraction of sp³-hybridized carbons (Fsp3) is 0.467. The fourth-order valence-corrected chi connectivity index (χ4v) is 2.29. The highest BCUT2D eigenvalue weighted by Crippen LogP contribution is 2.03. The smallest absolute Gasteiger partial charge is 0.317 e. The van der Waals surface area contributed by atoms with Crippen LogP contribution in [0.25, 0.3) is 0 Å². The van der Waals surface area contributed by atoms with Crippen LogP contribution >= 0.6 is 0 Å². The molecule has 0 saturated carbocycles. The first-order valence-electron chi connectivity index (χ1n) is 6.99. The van der Waals surface area contributed by atoms with Crippen molar-refractivity contribution in [3.63, 3.8) is 0 Å². The quantitative estimate of drug-likeness (QED) is 0.898. The highest BCUT2D eigenvalue weighted by atomic mass is 16.2. The Morgan fingerprint density at radius 2 is 1.65 bits per heavy atom. The van der Waals surface area contributed by atoms with E-state index in [9.17, 15) is 9.59 Å². The van der Waals surface area contributed by atoms with Crippen molar-refractivity contribution in [2.75, 3.05) is 32.7 Å². The van der Waals surface area contributed by atoms with Crippen molar-refractivity contribution in [3.8, 4) is 0 Å². The number of amides is 3. The van der Waals surface area contributed by atoms with Gasteiger partial charge in [-0.1, -0.05) is 30.3 Å². The highest BCUT2D eigenvalue weighted by Gasteiger charge is 2.21. The summed E-state index contributed by atoms with van der Waals surface area (Å²) in [4.78, 5) is 26.7. The van der Waals surface area contributed by atoms with E-state index in [4.69, 9.17) is 0 Å². The van der Waals surface area contributed by atoms with Crippen LogP contribution in [0.4, 0.5) is 4.79 Å². The molecule has 3 amide bonds. The number of nitrogens with zero attached hydrogens (tertiary/aromatic N) is 2. The Hall–Kier alpha value is -2.04. The molecule has 20 heavy (non-hydrogen) atoms. The minimum absolute atomic E-state index is 0.0378. The highest BCUT2D eigenvalue weighted by molar-refractivity contribution is 5.76. The molecule has 108 valence electrons. The summed E-state index contributed by atoms with van der Waals surface area (Å²) in [5, 5.41) is 2.93. The average Bonchev–Trinajstić information content (AvgIpc) is 2.48. The number of nitrogens with one attached hydrogen (secondary N) is 1. The van der Waals surface area contributed by atoms with Gasteiger partial charge in [0.15, 0.2) is 0 Å². The van der Waals surface area contributed by atoms with Gasteiger partial charge in [0.1, 0.15) is 0 Å². The summed E-state index contributed by atoms with van der Waals surface area (Å²) in [6.07, 6.45) is 0.833. The fourth-order valence-electron chi connectivity index (χ4n) is 2.29. The van der Waals surface area contributed by atoms with Crippen molar-refractivity contribution in [1.29, 1.82) is 0 Å². The number of rotatable bonds is 3. The summed E-state index contributed by atoms with van der Waals surface area (Å²) in [5.74, 6) is 0.0779. The first-order valence-corrected chi connectivity index (χ1v) is 6.99. The molecular weight excluding hydrogens is 254 g/mol. The van der Waals surface area contributed by atoms with Crippen LogP contribution in [-0.2, 0) is 11.2 Å². The van der Waals surface area contributed by atoms with Crippen LogP contribution in [0.1, 0.15) is 12.5 Å². The molecule has 1 aliphatic rings. The molecule has 1 aromatic carbocycles. The van der Waals surface area contributed by atoms with Gasteiger partial charge in [-0.15, -0.1) is 0 Å². The van der Waals surface area contributed by atoms with Crippen LogP contribution in [0.3, 0.4) is 0 Å². The third-order valence-corrected chi connectivity index (χ3v) is 3.54. The summed E-state index contributed by atoms with van der Waals surface area (Å²) in [6.45, 7) is 4.67. The predicted molar refractivity (Wildman–Crippen MR) is 77.4 cm³/mol. The van der Waals surface area contributed by atoms with Crippen molar-refractivity contribution in [1.82, 2.24) is 15.1 Å². The lowest BCUT2D eigenvalue weighted by atomic mass is 10.1. The monoisotopic (exact) mass is 275 g/mol. The van der Waals surface area contributed by atoms with E-state index in [1.54, 1.807) is 16.7 Å². The van der Waals surface area contributed by atoms with Gasteiger partial charge in [-0.2, -0.15) is 0 Å². The molecule has 1 aromatic rings. The second kappa shape index (κ2) is 6.93. The second-order valence-electron chi connectivity index (χ2n) is 4.96. The van der Waals surface area contributed by atoms with Crippen LogP contribution in [0.5, 0.6) is 0 Å². The number of piperazine rings is 1. The zero-order chi connectivity index (χ0) is 14.4. The number of hydrogen-bond acceptors (Lipinski definition) is 2. The van der Waals surface area contributed by atoms with E-state index in [0.29, 0.717) is 32.7 Å². The van der Waals surface area contributed by atoms with Gasteiger partial charge in [0, 0.05) is 39.6 Å². The topological polar surface area (TPSA) is 52.7 Å². The van der Waals surface area contributed by atoms with Crippen LogP contribution in [0, 0.1) is 0 Å². The van der Waals surface area contributed by atoms with E-state index in [0.717, 1.165) is 6.42 Å². The third kappa shape index (κ3) is 3.98. The van der Waals surface area contributed by atoms with Gasteiger partial charge >= 0.3 is 6.03 Å². The molecule has 0 bridgehead atoms. The Balaban J connectivity index is 1.69. The molecule has 2 rings (SSSR count). The summed E-state index contributed by atoms with van der Waals surface area (Å²) in [7, 11) is 0. The SMILES string of the molecule is CC(=O)N1CCN(C(=O)NCCc2ccccc2)CC1. The van der Waals surface area contributed by atoms with Crippen molar-refractivity contribution >= 4 is 11.9 Å². The summed E-state index contributed by atoms with van der Waals surface area (Å²) >= 11 is 0. The van der Waals surface area contributed by atoms with Gasteiger partial charge in [-0.3, -0.25) is 4.79 Å². The summed E-state index contributed by atoms with van der Waals surface area (Å²) in [6, 6.07) is 10.0. The Morgan fingerprint density at radius 1 is 1.05 bits per heavy atom. The molecule has 1 fully saturated rings. The van der Waals surface area contributed by atoms with Gasteiger partial charge in [0.2, 0.25) is 5.91 Å². The average molecular weight is 275 g/mol. The minimum atomic E-state index is -0.0378. The zero-order valence-corrected chi connectivity index (χ0v) is 11.8. The van der Waals surface area contributed by atoms with E-state index in [1.807, 2.05) is 18.2 Å². The van der Waals surface area contributed by atoms with E-state index in [1.165, 1.54) is 5.56 Å². The van der Waals surface area contributed by atoms with E-state index >= 15 is 0 Å². The zero-order valence-electron chi connectivity index (χ0n) is 11.8. The lowest BCUT2D eigenvalue weighted by Crippen LogP contribution is -2.52. The maximum atomic E-state index is 12.0. The molecule has 0 spiro atoms. The van der Waals surface area contributed by atoms with Crippen molar-refractivity contribution in [3.05, 3.63) is 35.9 Å². The molecule has 1 heterocycles. The van der Waals surface area contributed by atoms with Crippen LogP contribution in [0.15, 0.2) is 30.3 Å². The molecule has 1 aliphatic heterocycles. The Kier molecular flexibility index (Phi) is 4.98. The molecule has 0 atom stereocenters. The van der Waals surface area contributed by atoms with E-state index in [-0.39, 0.29) is 11.9 Å². The maximum absolute atomic E-state index is 12.0. The standard InChI is InChI=1S/C15H21N3O2/c1-13(19)17-9-11-18(12-10-17)15(20)16-8-7-14-5-3-2-4-6-14/h2-6H,7-12H2,1H3,(H,16,20). The molecule has 5 heteroatoms. The first kappa shape index (κ1) is 14.4. The van der Waals surface area contributed by atoms with Gasteiger partial charge in [0.25, 0.3) is 0 Å². The number of carbonyl (C=O) groups excluding carboxylic acids is 2. The lowest BCUT2D eigenvalue weighted by molar-refractivity contribution is -0.130. The van der Waals surface area contributed by atoms with Gasteiger partial charge < -0.3 is 15.1 Å². The van der Waals surface area contributed by atoms with E-state index < -0.39 is 0 Å². The Morgan fingerprint density at radius 3 is 2.25 bits per heavy atom. The normalized spacial score (nSPS) is 15.1. The molecule has 1 saturated heterocycles. The van der Waals surface area contributed by atoms with Gasteiger partial charge in [0.05, 0.1) is 0 Å². The maximum Gasteiger partial charge on any atom is 0.317 e. The number of benzene rings is 1. The number of urea groups is 1. The summed E-state index contributed by atoms with van der Waals surface area (Å²) in [5.41, 5.74) is 1.22. The lowest BCUT2D eigenvalue weighted by Gasteiger charge is -2.34. The van der Waals surface area contributed by atoms with Gasteiger partial charge in [-0.05, 0) is 12.0 Å². The van der Waals surface area contributed by atoms with Crippen molar-refractivity contribution < 1.29 is 9.59 Å². The largest absolute Gasteiger partial charge is 0.339 e. The molecule has 0 aliphatic carbocycles. The first-order chi connectivity index (χ1) is 9.66. The minimum Gasteiger partial charge on any atom is -0.339 e. The molecule has 1 N–H and O–H groups in total. The van der Waals surface area contributed by atoms with Gasteiger partial charge in [-0.25, -0.2) is 4.79 Å². The Bertz CT molecular complexity index is 453. The number of carbonyl (C=O) groups is 2. The predicted octanol–water partition coefficient (Wildman–Crippen LogP) is 1.10. The summed E-state index contributed by atoms with van der Waals surface area (Å²) < 4.78 is 0. The van der Waals surface area contributed by atoms with Crippen LogP contribution in [-0.4, -0.2) is 54.5 Å². The third-order valence-electron chi connectivity index (χ3n) is 3.54. The van der Waals surface area contributed by atoms with Crippen molar-refractivity contribution in [2.45, 2.75) is 13.3 Å². The van der Waals surface area contributed by atoms with Crippen LogP contribution in [0.2, 0.25) is 0 Å². The second-order valence-corrected chi connectivity index (χ2v) is 4.96. The molecule has 0 aromatic heterocycles. The molecular formula is C15H21N3O2.